The highest BCUT2D eigenvalue weighted by molar-refractivity contribution is 7.80. The Morgan fingerprint density at radius 2 is 1.23 bits per heavy atom. The molecule has 4 aliphatic carbocycles. The number of fused-ring (bicyclic) bond motifs is 1. The molecule has 5 fully saturated rings. The van der Waals surface area contributed by atoms with Gasteiger partial charge in [0.15, 0.2) is 16.9 Å². The monoisotopic (exact) mass is 885 g/mol. The fraction of sp³-hybridized carbons (Fsp3) is 0.843. The van der Waals surface area contributed by atoms with Crippen molar-refractivity contribution in [1.29, 1.82) is 0 Å². The first kappa shape index (κ1) is 50.8. The lowest BCUT2D eigenvalue weighted by Crippen LogP contribution is -2.80. The van der Waals surface area contributed by atoms with Gasteiger partial charge in [0.05, 0.1) is 24.0 Å². The Kier molecular flexibility index (Phi) is 19.1. The smallest absolute Gasteiger partial charge is 0.339 e. The summed E-state index contributed by atoms with van der Waals surface area (Å²) >= 11 is 4.36. The predicted octanol–water partition coefficient (Wildman–Crippen LogP) is 9.17. The number of hydrogen-bond donors (Lipinski definition) is 6. The van der Waals surface area contributed by atoms with Gasteiger partial charge in [-0.05, 0) is 84.0 Å². The lowest BCUT2D eigenvalue weighted by atomic mass is 9.64. The molecule has 11 heteroatoms. The molecule has 10 nitrogen and oxygen atoms in total. The number of aliphatic hydroxyl groups excluding tert-OH is 2. The minimum Gasteiger partial charge on any atom is -0.453 e. The summed E-state index contributed by atoms with van der Waals surface area (Å²) in [4.78, 5) is 51.9. The molecular formula is C51H84N2O8S. The molecule has 2 amide bonds. The number of unbranched alkanes of at least 4 members (excludes halogenated alkanes) is 6. The number of rotatable bonds is 17. The molecule has 10 atom stereocenters. The number of Topliss-reactive ketones (excluding diaryl/α,β-unsaturated/α-hetero) is 1. The number of thiol groups is 1. The zero-order valence-electron chi connectivity index (χ0n) is 38.9. The van der Waals surface area contributed by atoms with Gasteiger partial charge in [-0.25, -0.2) is 4.79 Å². The second-order valence-corrected chi connectivity index (χ2v) is 21.1. The summed E-state index contributed by atoms with van der Waals surface area (Å²) < 4.78 is 5.50. The van der Waals surface area contributed by atoms with Crippen LogP contribution in [0.15, 0.2) is 24.3 Å². The highest BCUT2D eigenvalue weighted by atomic mass is 32.1. The summed E-state index contributed by atoms with van der Waals surface area (Å²) in [7, 11) is 0. The Morgan fingerprint density at radius 1 is 0.710 bits per heavy atom. The van der Waals surface area contributed by atoms with E-state index in [9.17, 15) is 34.5 Å². The van der Waals surface area contributed by atoms with Crippen LogP contribution < -0.4 is 10.6 Å². The number of allylic oxidation sites excluding steroid dienone is 2. The molecule has 0 aromatic rings. The fourth-order valence-electron chi connectivity index (χ4n) is 12.0. The Hall–Kier alpha value is -2.21. The maximum atomic E-state index is 13.8. The van der Waals surface area contributed by atoms with Gasteiger partial charge in [-0.2, -0.15) is 12.6 Å². The van der Waals surface area contributed by atoms with E-state index in [4.69, 9.17) is 4.74 Å². The molecule has 3 heterocycles. The van der Waals surface area contributed by atoms with E-state index in [0.29, 0.717) is 19.3 Å². The van der Waals surface area contributed by atoms with E-state index in [1.165, 1.54) is 38.5 Å². The van der Waals surface area contributed by atoms with Crippen LogP contribution in [-0.2, 0) is 23.9 Å². The van der Waals surface area contributed by atoms with Crippen LogP contribution in [-0.4, -0.2) is 78.6 Å². The van der Waals surface area contributed by atoms with Gasteiger partial charge in [0.1, 0.15) is 5.60 Å². The first-order valence-corrected chi connectivity index (χ1v) is 25.7. The number of esters is 1. The molecule has 7 rings (SSSR count). The minimum absolute atomic E-state index is 0.106. The number of carbonyl (C=O) groups is 4. The van der Waals surface area contributed by atoms with Crippen molar-refractivity contribution in [3.63, 3.8) is 0 Å². The quantitative estimate of drug-likeness (QED) is 0.0365. The molecule has 352 valence electrons. The lowest BCUT2D eigenvalue weighted by Gasteiger charge is -2.54. The molecule has 7 aliphatic rings. The molecule has 0 aromatic carbocycles. The van der Waals surface area contributed by atoms with Gasteiger partial charge in [-0.3, -0.25) is 14.4 Å². The van der Waals surface area contributed by atoms with Crippen molar-refractivity contribution in [3.05, 3.63) is 24.3 Å². The zero-order chi connectivity index (χ0) is 45.0. The Balaban J connectivity index is 0.000000206. The van der Waals surface area contributed by atoms with Gasteiger partial charge in [-0.15, -0.1) is 0 Å². The molecule has 0 unspecified atom stereocenters. The van der Waals surface area contributed by atoms with E-state index in [1.807, 2.05) is 31.2 Å². The summed E-state index contributed by atoms with van der Waals surface area (Å²) in [5.74, 6) is -2.18. The second-order valence-electron chi connectivity index (χ2n) is 20.4. The fourth-order valence-corrected chi connectivity index (χ4v) is 12.4. The Bertz CT molecular complexity index is 1540. The molecule has 0 aromatic heterocycles. The molecule has 3 saturated heterocycles. The lowest BCUT2D eigenvalue weighted by molar-refractivity contribution is -0.238. The van der Waals surface area contributed by atoms with Crippen LogP contribution in [0, 0.1) is 29.6 Å². The standard InChI is InChI=1S/C26H43NO4.C19H29NO4.C6H12S/c1-3-4-5-12-17-21-24(30)27-26(25(21,2)31,23(29)20-15-10-7-11-16-20)22(28)18-19-13-8-6-9-14-19;1-3-4-5-9-12-14-16(22)20-19(17(23)24-18(14,19)2)15(21)13-10-7-6-8-11-13;7-6-4-2-1-3-5-6/h10,15,19-21,23,29,31H,3-9,11-14,16-18H2,1-2H3,(H,27,30);7,10,13-15,21H,3-6,8-9,11-12H2,1-2H3,(H,20,22);6-7H,1-5H2/t20-,21+,23+,25+,26-;13-,14+,15+,18+,19+;/m11./s1. The summed E-state index contributed by atoms with van der Waals surface area (Å²) in [5.41, 5.74) is -5.43. The van der Waals surface area contributed by atoms with Crippen LogP contribution >= 0.6 is 12.6 Å². The minimum atomic E-state index is -1.62. The van der Waals surface area contributed by atoms with Crippen molar-refractivity contribution < 1.29 is 39.2 Å². The SMILES string of the molecule is CCCCCC[C@H]1C(=O)N[C@@]2([C@@H](O)[C@@H]3C=CCCC3)C(=O)O[C@@]12C.CCCCCC[C@H]1C(=O)N[C@](C(=O)CC2CCCCC2)([C@@H](O)[C@@H]2C=CCCC2)[C@@]1(C)O.SC1CCCCC1. The van der Waals surface area contributed by atoms with Crippen LogP contribution in [0.2, 0.25) is 0 Å². The van der Waals surface area contributed by atoms with Crippen LogP contribution in [0.4, 0.5) is 0 Å². The van der Waals surface area contributed by atoms with Crippen LogP contribution in [0.5, 0.6) is 0 Å². The third kappa shape index (κ3) is 10.9. The molecule has 2 saturated carbocycles. The van der Waals surface area contributed by atoms with E-state index in [-0.39, 0.29) is 41.3 Å². The first-order chi connectivity index (χ1) is 29.7. The largest absolute Gasteiger partial charge is 0.453 e. The van der Waals surface area contributed by atoms with Gasteiger partial charge in [0.25, 0.3) is 0 Å². The number of carbonyl (C=O) groups excluding carboxylic acids is 4. The van der Waals surface area contributed by atoms with E-state index < -0.39 is 46.4 Å². The highest BCUT2D eigenvalue weighted by Crippen LogP contribution is 2.54. The molecule has 0 bridgehead atoms. The average Bonchev–Trinajstić information content (AvgIpc) is 3.59. The summed E-state index contributed by atoms with van der Waals surface area (Å²) in [5, 5.41) is 40.8. The van der Waals surface area contributed by atoms with Gasteiger partial charge in [0, 0.05) is 23.5 Å². The Morgan fingerprint density at radius 3 is 1.71 bits per heavy atom. The van der Waals surface area contributed by atoms with Crippen LogP contribution in [0.25, 0.3) is 0 Å². The third-order valence-corrected chi connectivity index (χ3v) is 16.5. The number of ether oxygens (including phenoxy) is 1. The molecule has 0 spiro atoms. The van der Waals surface area contributed by atoms with Crippen LogP contribution in [0.3, 0.4) is 0 Å². The van der Waals surface area contributed by atoms with Crippen molar-refractivity contribution in [2.75, 3.05) is 0 Å². The number of hydrogen-bond acceptors (Lipinski definition) is 9. The maximum absolute atomic E-state index is 13.8. The maximum Gasteiger partial charge on any atom is 0.339 e. The average molecular weight is 885 g/mol. The van der Waals surface area contributed by atoms with Gasteiger partial charge in [0.2, 0.25) is 17.4 Å². The van der Waals surface area contributed by atoms with Crippen molar-refractivity contribution in [2.24, 2.45) is 29.6 Å². The van der Waals surface area contributed by atoms with Crippen molar-refractivity contribution in [1.82, 2.24) is 10.6 Å². The van der Waals surface area contributed by atoms with Gasteiger partial charge >= 0.3 is 5.97 Å². The highest BCUT2D eigenvalue weighted by Gasteiger charge is 2.79. The first-order valence-electron chi connectivity index (χ1n) is 25.2. The van der Waals surface area contributed by atoms with Gasteiger partial charge < -0.3 is 30.7 Å². The topological polar surface area (TPSA) is 162 Å². The number of nitrogens with one attached hydrogen (secondary N) is 2. The zero-order valence-corrected chi connectivity index (χ0v) is 39.7. The number of ketones is 1. The van der Waals surface area contributed by atoms with Gasteiger partial charge in [-0.1, -0.05) is 141 Å². The third-order valence-electron chi connectivity index (χ3n) is 16.0. The number of aliphatic hydroxyl groups is 3. The predicted molar refractivity (Wildman–Crippen MR) is 248 cm³/mol. The summed E-state index contributed by atoms with van der Waals surface area (Å²) in [6.45, 7) is 7.72. The number of amides is 2. The van der Waals surface area contributed by atoms with Crippen molar-refractivity contribution in [2.45, 2.75) is 241 Å². The normalized spacial score (nSPS) is 35.5. The molecule has 62 heavy (non-hydrogen) atoms. The van der Waals surface area contributed by atoms with E-state index in [2.05, 4.69) is 37.1 Å². The van der Waals surface area contributed by atoms with E-state index in [0.717, 1.165) is 121 Å². The second kappa shape index (κ2) is 23.3. The Labute approximate surface area is 379 Å². The van der Waals surface area contributed by atoms with E-state index in [1.54, 1.807) is 6.92 Å². The van der Waals surface area contributed by atoms with Crippen molar-refractivity contribution >= 4 is 36.2 Å². The molecule has 5 N–H and O–H groups in total. The van der Waals surface area contributed by atoms with E-state index >= 15 is 0 Å². The molecular weight excluding hydrogens is 801 g/mol. The van der Waals surface area contributed by atoms with Crippen molar-refractivity contribution in [3.8, 4) is 0 Å². The molecule has 3 aliphatic heterocycles. The summed E-state index contributed by atoms with van der Waals surface area (Å²) in [6, 6.07) is 0. The van der Waals surface area contributed by atoms with Crippen LogP contribution in [0.1, 0.15) is 201 Å². The molecule has 0 radical (unpaired) electrons. The summed E-state index contributed by atoms with van der Waals surface area (Å²) in [6.07, 6.45) is 33.9.